The van der Waals surface area contributed by atoms with Crippen molar-refractivity contribution in [3.8, 4) is 11.5 Å². The first-order chi connectivity index (χ1) is 13.7. The number of aromatic nitrogens is 3. The number of imidazole rings is 1. The fourth-order valence-corrected chi connectivity index (χ4v) is 4.40. The third kappa shape index (κ3) is 2.19. The molecule has 140 valence electrons. The van der Waals surface area contributed by atoms with E-state index in [1.165, 1.54) is 11.6 Å². The molecule has 1 atom stereocenters. The monoisotopic (exact) mass is 373 g/mol. The highest BCUT2D eigenvalue weighted by Crippen LogP contribution is 2.40. The lowest BCUT2D eigenvalue weighted by atomic mass is 10.1. The summed E-state index contributed by atoms with van der Waals surface area (Å²) in [5.74, 6) is 0.356. The minimum absolute atomic E-state index is 0.275. The smallest absolute Gasteiger partial charge is 0.192 e. The lowest BCUT2D eigenvalue weighted by molar-refractivity contribution is 0.518. The van der Waals surface area contributed by atoms with Gasteiger partial charge in [0.05, 0.1) is 35.0 Å². The summed E-state index contributed by atoms with van der Waals surface area (Å²) in [6.45, 7) is 12.8. The second-order valence-electron chi connectivity index (χ2n) is 7.17. The van der Waals surface area contributed by atoms with E-state index in [0.717, 1.165) is 35.6 Å². The molecule has 6 heteroatoms. The van der Waals surface area contributed by atoms with E-state index in [1.54, 1.807) is 6.07 Å². The zero-order valence-electron chi connectivity index (χ0n) is 15.8. The molecule has 1 aliphatic rings. The molecule has 5 nitrogen and oxygen atoms in total. The van der Waals surface area contributed by atoms with Gasteiger partial charge in [-0.05, 0) is 37.6 Å². The van der Waals surface area contributed by atoms with E-state index in [-0.39, 0.29) is 5.69 Å². The lowest BCUT2D eigenvalue weighted by Crippen LogP contribution is -2.24. The van der Waals surface area contributed by atoms with Gasteiger partial charge < -0.3 is 14.5 Å². The molecule has 0 saturated carbocycles. The molecule has 0 bridgehead atoms. The highest BCUT2D eigenvalue weighted by Gasteiger charge is 2.26. The van der Waals surface area contributed by atoms with Gasteiger partial charge in [-0.15, -0.1) is 0 Å². The standard InChI is InChI=1S/C22H20FN5/c1-4-15-12-25-17-8-6-7-13-9-19(28(15)20(13)17)22-26-18-11-14(24-3)10-16(23)21(18)27(22)5-2/h6-11,15,25H,4-5,12H2,1-2H3. The Bertz CT molecular complexity index is 1270. The number of hydrogen-bond acceptors (Lipinski definition) is 2. The maximum absolute atomic E-state index is 14.8. The Morgan fingerprint density at radius 3 is 2.86 bits per heavy atom. The molecule has 3 heterocycles. The van der Waals surface area contributed by atoms with Crippen LogP contribution in [-0.2, 0) is 6.54 Å². The molecule has 2 aromatic carbocycles. The highest BCUT2D eigenvalue weighted by atomic mass is 19.1. The minimum atomic E-state index is -0.395. The summed E-state index contributed by atoms with van der Waals surface area (Å²) >= 11 is 0. The van der Waals surface area contributed by atoms with Crippen molar-refractivity contribution in [2.75, 3.05) is 11.9 Å². The third-order valence-electron chi connectivity index (χ3n) is 5.68. The molecule has 0 amide bonds. The SMILES string of the molecule is [C-]#[N+]c1cc(F)c2c(c1)nc(-c1cc3cccc4c3n1C(CC)CN4)n2CC. The first-order valence-corrected chi connectivity index (χ1v) is 9.61. The van der Waals surface area contributed by atoms with Crippen molar-refractivity contribution in [3.05, 3.63) is 53.6 Å². The predicted octanol–water partition coefficient (Wildman–Crippen LogP) is 5.74. The second kappa shape index (κ2) is 6.10. The summed E-state index contributed by atoms with van der Waals surface area (Å²) < 4.78 is 19.1. The van der Waals surface area contributed by atoms with Gasteiger partial charge in [0.15, 0.2) is 11.5 Å². The van der Waals surface area contributed by atoms with Gasteiger partial charge in [0.2, 0.25) is 0 Å². The maximum Gasteiger partial charge on any atom is 0.192 e. The summed E-state index contributed by atoms with van der Waals surface area (Å²) in [5.41, 5.74) is 4.56. The van der Waals surface area contributed by atoms with Gasteiger partial charge >= 0.3 is 0 Å². The van der Waals surface area contributed by atoms with Gasteiger partial charge in [-0.3, -0.25) is 0 Å². The molecule has 28 heavy (non-hydrogen) atoms. The van der Waals surface area contributed by atoms with Gasteiger partial charge in [0.1, 0.15) is 11.3 Å². The normalized spacial score (nSPS) is 15.7. The zero-order chi connectivity index (χ0) is 19.4. The first kappa shape index (κ1) is 16.8. The Morgan fingerprint density at radius 1 is 1.25 bits per heavy atom. The van der Waals surface area contributed by atoms with E-state index < -0.39 is 5.82 Å². The number of aryl methyl sites for hydroxylation is 1. The van der Waals surface area contributed by atoms with Gasteiger partial charge in [-0.2, -0.15) is 0 Å². The first-order valence-electron chi connectivity index (χ1n) is 9.61. The van der Waals surface area contributed by atoms with Crippen LogP contribution in [0.2, 0.25) is 0 Å². The van der Waals surface area contributed by atoms with Crippen LogP contribution < -0.4 is 5.32 Å². The second-order valence-corrected chi connectivity index (χ2v) is 7.17. The number of rotatable bonds is 3. The van der Waals surface area contributed by atoms with Crippen LogP contribution in [0, 0.1) is 12.4 Å². The van der Waals surface area contributed by atoms with Crippen molar-refractivity contribution in [2.45, 2.75) is 32.9 Å². The fourth-order valence-electron chi connectivity index (χ4n) is 4.40. The average molecular weight is 373 g/mol. The number of anilines is 1. The Hall–Kier alpha value is -3.33. The molecule has 0 saturated heterocycles. The highest BCUT2D eigenvalue weighted by molar-refractivity contribution is 5.97. The molecule has 0 fully saturated rings. The van der Waals surface area contributed by atoms with Crippen molar-refractivity contribution in [1.82, 2.24) is 14.1 Å². The Balaban J connectivity index is 1.87. The number of nitrogens with one attached hydrogen (secondary N) is 1. The topological polar surface area (TPSA) is 39.1 Å². The van der Waals surface area contributed by atoms with Crippen LogP contribution in [0.1, 0.15) is 26.3 Å². The summed E-state index contributed by atoms with van der Waals surface area (Å²) in [7, 11) is 0. The molecule has 4 aromatic rings. The molecule has 0 spiro atoms. The van der Waals surface area contributed by atoms with E-state index in [2.05, 4.69) is 45.9 Å². The largest absolute Gasteiger partial charge is 0.381 e. The van der Waals surface area contributed by atoms with E-state index in [1.807, 2.05) is 11.5 Å². The Labute approximate surface area is 162 Å². The third-order valence-corrected chi connectivity index (χ3v) is 5.68. The van der Waals surface area contributed by atoms with Crippen LogP contribution in [0.3, 0.4) is 0 Å². The summed E-state index contributed by atoms with van der Waals surface area (Å²) in [4.78, 5) is 8.17. The van der Waals surface area contributed by atoms with Crippen molar-refractivity contribution in [2.24, 2.45) is 0 Å². The Morgan fingerprint density at radius 2 is 2.11 bits per heavy atom. The number of benzene rings is 2. The molecule has 1 N–H and O–H groups in total. The van der Waals surface area contributed by atoms with Gasteiger partial charge in [0, 0.05) is 18.5 Å². The van der Waals surface area contributed by atoms with Crippen LogP contribution in [0.4, 0.5) is 15.8 Å². The molecule has 5 rings (SSSR count). The number of nitrogens with zero attached hydrogens (tertiary/aromatic N) is 4. The summed E-state index contributed by atoms with van der Waals surface area (Å²) in [6, 6.07) is 11.7. The van der Waals surface area contributed by atoms with Crippen molar-refractivity contribution in [3.63, 3.8) is 0 Å². The quantitative estimate of drug-likeness (QED) is 0.465. The van der Waals surface area contributed by atoms with Crippen LogP contribution >= 0.6 is 0 Å². The van der Waals surface area contributed by atoms with E-state index in [4.69, 9.17) is 11.6 Å². The van der Waals surface area contributed by atoms with Crippen molar-refractivity contribution < 1.29 is 4.39 Å². The fraction of sp³-hybridized carbons (Fsp3) is 0.273. The zero-order valence-corrected chi connectivity index (χ0v) is 15.8. The molecule has 1 aliphatic heterocycles. The van der Waals surface area contributed by atoms with Crippen LogP contribution in [0.15, 0.2) is 36.4 Å². The molecule has 0 aliphatic carbocycles. The van der Waals surface area contributed by atoms with Gasteiger partial charge in [0.25, 0.3) is 0 Å². The number of halogens is 1. The van der Waals surface area contributed by atoms with Crippen LogP contribution in [0.5, 0.6) is 0 Å². The summed E-state index contributed by atoms with van der Waals surface area (Å²) in [6.07, 6.45) is 0.987. The maximum atomic E-state index is 14.8. The summed E-state index contributed by atoms with van der Waals surface area (Å²) in [5, 5.41) is 4.68. The van der Waals surface area contributed by atoms with E-state index in [0.29, 0.717) is 23.6 Å². The number of hydrogen-bond donors (Lipinski definition) is 1. The van der Waals surface area contributed by atoms with E-state index >= 15 is 0 Å². The molecule has 1 unspecified atom stereocenters. The van der Waals surface area contributed by atoms with Crippen molar-refractivity contribution in [1.29, 1.82) is 0 Å². The Kier molecular flexibility index (Phi) is 3.66. The van der Waals surface area contributed by atoms with Crippen LogP contribution in [0.25, 0.3) is 38.3 Å². The minimum Gasteiger partial charge on any atom is -0.381 e. The molecular formula is C22H20FN5. The van der Waals surface area contributed by atoms with Crippen molar-refractivity contribution >= 4 is 33.3 Å². The molecule has 2 aromatic heterocycles. The molecule has 0 radical (unpaired) electrons. The predicted molar refractivity (Wildman–Crippen MR) is 110 cm³/mol. The van der Waals surface area contributed by atoms with Gasteiger partial charge in [-0.1, -0.05) is 19.1 Å². The lowest BCUT2D eigenvalue weighted by Gasteiger charge is -2.28. The van der Waals surface area contributed by atoms with E-state index in [9.17, 15) is 4.39 Å². The average Bonchev–Trinajstić information content (AvgIpc) is 3.28. The molecular weight excluding hydrogens is 353 g/mol. The van der Waals surface area contributed by atoms with Crippen LogP contribution in [-0.4, -0.2) is 20.7 Å². The number of fused-ring (bicyclic) bond motifs is 1. The number of para-hydroxylation sites is 1. The van der Waals surface area contributed by atoms with Gasteiger partial charge in [-0.25, -0.2) is 14.2 Å².